The van der Waals surface area contributed by atoms with Gasteiger partial charge in [-0.15, -0.1) is 0 Å². The van der Waals surface area contributed by atoms with Gasteiger partial charge in [-0.05, 0) is 97.1 Å². The van der Waals surface area contributed by atoms with Crippen LogP contribution in [0.4, 0.5) is 11.6 Å². The Morgan fingerprint density at radius 3 is 1.69 bits per heavy atom. The SMILES string of the molecule is CC12CCCCC1(C)N(c1nc(-c3ccc(-c4ccccc4)cc3-n3c4ccccc4c4ccccc43)nc(-n3c4ccccc4c4c3ccc3c5ccccc5n(-c5ccccc5)c34)n1)c1ccccc12. The van der Waals surface area contributed by atoms with Gasteiger partial charge in [-0.25, -0.2) is 0 Å². The lowest BCUT2D eigenvalue weighted by molar-refractivity contribution is 0.193. The van der Waals surface area contributed by atoms with Gasteiger partial charge < -0.3 is 14.0 Å². The van der Waals surface area contributed by atoms with Crippen molar-refractivity contribution in [3.63, 3.8) is 0 Å². The van der Waals surface area contributed by atoms with Crippen molar-refractivity contribution >= 4 is 77.1 Å². The molecule has 2 aliphatic rings. The first-order valence-electron chi connectivity index (χ1n) is 25.3. The summed E-state index contributed by atoms with van der Waals surface area (Å²) in [6.45, 7) is 4.92. The molecular weight excluding hydrogens is 879 g/mol. The summed E-state index contributed by atoms with van der Waals surface area (Å²) >= 11 is 0. The second-order valence-corrected chi connectivity index (χ2v) is 20.3. The third kappa shape index (κ3) is 5.64. The van der Waals surface area contributed by atoms with E-state index in [0.29, 0.717) is 17.7 Å². The monoisotopic (exact) mass is 927 g/mol. The van der Waals surface area contributed by atoms with E-state index in [-0.39, 0.29) is 11.0 Å². The Labute approximate surface area is 416 Å². The predicted molar refractivity (Wildman–Crippen MR) is 297 cm³/mol. The van der Waals surface area contributed by atoms with Gasteiger partial charge in [-0.2, -0.15) is 15.0 Å². The predicted octanol–water partition coefficient (Wildman–Crippen LogP) is 16.2. The molecule has 0 spiro atoms. The molecule has 2 unspecified atom stereocenters. The van der Waals surface area contributed by atoms with Gasteiger partial charge in [0.2, 0.25) is 11.9 Å². The molecule has 7 nitrogen and oxygen atoms in total. The van der Waals surface area contributed by atoms with Gasteiger partial charge in [-0.3, -0.25) is 4.57 Å². The lowest BCUT2D eigenvalue weighted by Gasteiger charge is -2.49. The minimum Gasteiger partial charge on any atom is -0.309 e. The van der Waals surface area contributed by atoms with Crippen LogP contribution in [0.2, 0.25) is 0 Å². The highest BCUT2D eigenvalue weighted by Crippen LogP contribution is 2.60. The second kappa shape index (κ2) is 15.3. The quantitative estimate of drug-likeness (QED) is 0.167. The first-order chi connectivity index (χ1) is 35.5. The van der Waals surface area contributed by atoms with Gasteiger partial charge in [0.1, 0.15) is 0 Å². The second-order valence-electron chi connectivity index (χ2n) is 20.3. The van der Waals surface area contributed by atoms with Crippen LogP contribution in [0.25, 0.3) is 105 Å². The van der Waals surface area contributed by atoms with Crippen LogP contribution < -0.4 is 4.90 Å². The van der Waals surface area contributed by atoms with Crippen LogP contribution in [0, 0.1) is 0 Å². The average Bonchev–Trinajstić information content (AvgIpc) is 4.13. The van der Waals surface area contributed by atoms with E-state index >= 15 is 0 Å². The Morgan fingerprint density at radius 1 is 0.403 bits per heavy atom. The Balaban J connectivity index is 1.07. The van der Waals surface area contributed by atoms with Gasteiger partial charge in [0.25, 0.3) is 0 Å². The van der Waals surface area contributed by atoms with Gasteiger partial charge in [-0.1, -0.05) is 171 Å². The van der Waals surface area contributed by atoms with Gasteiger partial charge in [0.15, 0.2) is 5.82 Å². The molecule has 0 bridgehead atoms. The smallest absolute Gasteiger partial charge is 0.240 e. The molecule has 344 valence electrons. The lowest BCUT2D eigenvalue weighted by Crippen LogP contribution is -2.55. The van der Waals surface area contributed by atoms with Crippen molar-refractivity contribution in [2.24, 2.45) is 0 Å². The van der Waals surface area contributed by atoms with Crippen LogP contribution in [-0.2, 0) is 5.41 Å². The summed E-state index contributed by atoms with van der Waals surface area (Å²) in [7, 11) is 0. The Hall–Kier alpha value is -8.81. The van der Waals surface area contributed by atoms with Gasteiger partial charge >= 0.3 is 0 Å². The van der Waals surface area contributed by atoms with E-state index in [1.54, 1.807) is 0 Å². The number of anilines is 2. The highest BCUT2D eigenvalue weighted by atomic mass is 15.4. The molecule has 5 heterocycles. The molecule has 7 heteroatoms. The molecule has 2 atom stereocenters. The molecule has 9 aromatic carbocycles. The normalized spacial score (nSPS) is 17.7. The van der Waals surface area contributed by atoms with Crippen molar-refractivity contribution in [2.75, 3.05) is 4.90 Å². The molecule has 0 radical (unpaired) electrons. The minimum absolute atomic E-state index is 0.108. The molecule has 1 aliphatic heterocycles. The number of para-hydroxylation sites is 6. The van der Waals surface area contributed by atoms with E-state index in [1.807, 2.05) is 0 Å². The highest BCUT2D eigenvalue weighted by Gasteiger charge is 2.58. The van der Waals surface area contributed by atoms with Crippen LogP contribution in [-0.4, -0.2) is 34.2 Å². The number of nitrogens with zero attached hydrogens (tertiary/aromatic N) is 7. The summed E-state index contributed by atoms with van der Waals surface area (Å²) in [6.07, 6.45) is 4.44. The summed E-state index contributed by atoms with van der Waals surface area (Å²) in [5.74, 6) is 1.84. The van der Waals surface area contributed by atoms with E-state index in [4.69, 9.17) is 15.0 Å². The molecule has 0 amide bonds. The fourth-order valence-electron chi connectivity index (χ4n) is 13.1. The largest absolute Gasteiger partial charge is 0.309 e. The summed E-state index contributed by atoms with van der Waals surface area (Å²) in [5, 5.41) is 7.11. The van der Waals surface area contributed by atoms with Crippen LogP contribution >= 0.6 is 0 Å². The van der Waals surface area contributed by atoms with Crippen molar-refractivity contribution < 1.29 is 0 Å². The maximum absolute atomic E-state index is 5.76. The van der Waals surface area contributed by atoms with E-state index in [1.165, 1.54) is 44.7 Å². The molecule has 1 saturated carbocycles. The highest BCUT2D eigenvalue weighted by molar-refractivity contribution is 6.26. The van der Waals surface area contributed by atoms with Crippen molar-refractivity contribution in [3.8, 4) is 39.8 Å². The maximum Gasteiger partial charge on any atom is 0.240 e. The van der Waals surface area contributed by atoms with Crippen LogP contribution in [0.15, 0.2) is 212 Å². The lowest BCUT2D eigenvalue weighted by atomic mass is 9.61. The van der Waals surface area contributed by atoms with Gasteiger partial charge in [0.05, 0.1) is 44.3 Å². The third-order valence-electron chi connectivity index (χ3n) is 16.7. The number of aromatic nitrogens is 6. The van der Waals surface area contributed by atoms with Gasteiger partial charge in [0, 0.05) is 54.7 Å². The summed E-state index contributed by atoms with van der Waals surface area (Å²) in [5.41, 5.74) is 14.1. The fourth-order valence-corrected chi connectivity index (χ4v) is 13.1. The summed E-state index contributed by atoms with van der Waals surface area (Å²) in [6, 6.07) is 76.9. The van der Waals surface area contributed by atoms with Crippen molar-refractivity contribution in [1.29, 1.82) is 0 Å². The number of benzene rings is 9. The number of fused-ring (bicyclic) bond motifs is 13. The zero-order valence-corrected chi connectivity index (χ0v) is 40.2. The van der Waals surface area contributed by atoms with E-state index < -0.39 is 0 Å². The molecular formula is C65H49N7. The molecule has 1 aliphatic carbocycles. The van der Waals surface area contributed by atoms with Crippen LogP contribution in [0.1, 0.15) is 45.1 Å². The van der Waals surface area contributed by atoms with E-state index in [2.05, 4.69) is 245 Å². The molecule has 15 rings (SSSR count). The molecule has 13 aromatic rings. The maximum atomic E-state index is 5.76. The number of hydrogen-bond acceptors (Lipinski definition) is 4. The minimum atomic E-state index is -0.290. The molecule has 1 fully saturated rings. The summed E-state index contributed by atoms with van der Waals surface area (Å²) in [4.78, 5) is 19.8. The van der Waals surface area contributed by atoms with Crippen LogP contribution in [0.3, 0.4) is 0 Å². The first-order valence-corrected chi connectivity index (χ1v) is 25.3. The fraction of sp³-hybridized carbons (Fsp3) is 0.123. The molecule has 0 N–H and O–H groups in total. The zero-order valence-electron chi connectivity index (χ0n) is 40.2. The van der Waals surface area contributed by atoms with Crippen molar-refractivity contribution in [3.05, 3.63) is 218 Å². The molecule has 72 heavy (non-hydrogen) atoms. The van der Waals surface area contributed by atoms with Crippen molar-refractivity contribution in [2.45, 2.75) is 50.5 Å². The Morgan fingerprint density at radius 2 is 0.972 bits per heavy atom. The average molecular weight is 928 g/mol. The number of hydrogen-bond donors (Lipinski definition) is 0. The van der Waals surface area contributed by atoms with Crippen molar-refractivity contribution in [1.82, 2.24) is 28.7 Å². The van der Waals surface area contributed by atoms with E-state index in [9.17, 15) is 0 Å². The topological polar surface area (TPSA) is 56.7 Å². The molecule has 4 aromatic heterocycles. The Kier molecular flexibility index (Phi) is 8.74. The number of rotatable bonds is 6. The first kappa shape index (κ1) is 41.0. The zero-order chi connectivity index (χ0) is 47.7. The third-order valence-corrected chi connectivity index (χ3v) is 16.7. The Bertz CT molecular complexity index is 4280. The summed E-state index contributed by atoms with van der Waals surface area (Å²) < 4.78 is 7.15. The standard InChI is InChI=1S/C65H49N7/c1-64-39-19-20-40-65(64,2)72(56-34-18-13-29-51(56)64)63-67-61(50-36-35-43(42-21-5-3-6-22-42)41-58(50)70-53-31-15-9-25-45(53)46-26-10-16-32-54(46)70)66-62(68-63)71-55-33-17-12-28-49(55)59-57(71)38-37-48-47-27-11-14-30-52(47)69(60(48)59)44-23-7-4-8-24-44/h3-18,21-38,41H,19-20,39-40H2,1-2H3. The molecule has 0 saturated heterocycles. The van der Waals surface area contributed by atoms with Crippen LogP contribution in [0.5, 0.6) is 0 Å². The van der Waals surface area contributed by atoms with E-state index in [0.717, 1.165) is 85.7 Å².